The summed E-state index contributed by atoms with van der Waals surface area (Å²) < 4.78 is 9.35. The number of carbonyl (C=O) groups is 2. The number of likely N-dealkylation sites (N-methyl/N-ethyl adjacent to an activating group) is 1. The number of ether oxygens (including phenoxy) is 1. The summed E-state index contributed by atoms with van der Waals surface area (Å²) in [4.78, 5) is 47.1. The first-order chi connectivity index (χ1) is 21.1. The molecule has 1 atom stereocenters. The standard InChI is InChI=1S/C34H35ClN4O4S/c1-7-37(8-2)32(41)29-21(5)36-34-39(30(29)23-10-14-26(35)15-11-23)31(40)28(44-34)19-25-18-20(4)38(22(25)6)27-16-12-24(13-17-27)33(42)43-9-3/h10-19,30H,7-9H2,1-6H3/b28-19+/t30-/m1/s1. The van der Waals surface area contributed by atoms with Gasteiger partial charge in [0.1, 0.15) is 0 Å². The third-order valence-electron chi connectivity index (χ3n) is 7.88. The molecule has 1 amide bonds. The van der Waals surface area contributed by atoms with E-state index in [1.54, 1.807) is 40.7 Å². The fraction of sp³-hybridized carbons (Fsp3) is 0.294. The minimum Gasteiger partial charge on any atom is -0.462 e. The molecule has 0 aliphatic carbocycles. The van der Waals surface area contributed by atoms with Crippen molar-refractivity contribution in [2.45, 2.75) is 47.6 Å². The smallest absolute Gasteiger partial charge is 0.338 e. The van der Waals surface area contributed by atoms with Crippen LogP contribution in [0.5, 0.6) is 0 Å². The predicted octanol–water partition coefficient (Wildman–Crippen LogP) is 5.34. The van der Waals surface area contributed by atoms with Crippen LogP contribution >= 0.6 is 22.9 Å². The highest BCUT2D eigenvalue weighted by Gasteiger charge is 2.34. The molecule has 3 heterocycles. The summed E-state index contributed by atoms with van der Waals surface area (Å²) in [6.45, 7) is 12.9. The van der Waals surface area contributed by atoms with Crippen LogP contribution in [0.2, 0.25) is 5.02 Å². The van der Waals surface area contributed by atoms with E-state index < -0.39 is 6.04 Å². The monoisotopic (exact) mass is 630 g/mol. The van der Waals surface area contributed by atoms with Crippen molar-refractivity contribution in [3.8, 4) is 5.69 Å². The van der Waals surface area contributed by atoms with Gasteiger partial charge < -0.3 is 14.2 Å². The molecule has 1 aliphatic rings. The average Bonchev–Trinajstić information content (AvgIpc) is 3.46. The van der Waals surface area contributed by atoms with E-state index in [1.807, 2.05) is 71.0 Å². The van der Waals surface area contributed by atoms with Crippen LogP contribution in [0.15, 0.2) is 75.7 Å². The van der Waals surface area contributed by atoms with Crippen molar-refractivity contribution in [1.29, 1.82) is 0 Å². The van der Waals surface area contributed by atoms with E-state index in [1.165, 1.54) is 11.3 Å². The van der Waals surface area contributed by atoms with Gasteiger partial charge in [0.05, 0.1) is 34.0 Å². The highest BCUT2D eigenvalue weighted by Crippen LogP contribution is 2.32. The highest BCUT2D eigenvalue weighted by molar-refractivity contribution is 7.07. The van der Waals surface area contributed by atoms with Gasteiger partial charge in [-0.1, -0.05) is 35.1 Å². The fourth-order valence-electron chi connectivity index (χ4n) is 5.67. The number of rotatable bonds is 8. The van der Waals surface area contributed by atoms with Crippen LogP contribution in [0, 0.1) is 13.8 Å². The summed E-state index contributed by atoms with van der Waals surface area (Å²) >= 11 is 7.52. The topological polar surface area (TPSA) is 85.9 Å². The molecule has 5 rings (SSSR count). The van der Waals surface area contributed by atoms with E-state index in [9.17, 15) is 14.4 Å². The van der Waals surface area contributed by atoms with E-state index in [2.05, 4.69) is 4.57 Å². The van der Waals surface area contributed by atoms with Gasteiger partial charge >= 0.3 is 5.97 Å². The SMILES string of the molecule is CCOC(=O)c1ccc(-n2c(C)cc(/C=c3/sc4n(c3=O)[C@H](c3ccc(Cl)cc3)C(C(=O)N(CC)CC)=C(C)N=4)c2C)cc1. The maximum atomic E-state index is 14.1. The lowest BCUT2D eigenvalue weighted by Gasteiger charge is -2.29. The Morgan fingerprint density at radius 1 is 1.02 bits per heavy atom. The van der Waals surface area contributed by atoms with Crippen LogP contribution < -0.4 is 14.9 Å². The van der Waals surface area contributed by atoms with Gasteiger partial charge in [-0.05, 0) is 101 Å². The molecule has 4 aromatic rings. The number of aryl methyl sites for hydroxylation is 1. The molecule has 0 N–H and O–H groups in total. The second kappa shape index (κ2) is 12.8. The van der Waals surface area contributed by atoms with Crippen LogP contribution in [0.1, 0.15) is 66.6 Å². The molecule has 228 valence electrons. The summed E-state index contributed by atoms with van der Waals surface area (Å²) in [5.74, 6) is -0.492. The van der Waals surface area contributed by atoms with Gasteiger partial charge in [-0.2, -0.15) is 0 Å². The molecule has 0 bridgehead atoms. The number of benzene rings is 2. The van der Waals surface area contributed by atoms with Crippen molar-refractivity contribution in [3.05, 3.63) is 119 Å². The molecule has 0 saturated heterocycles. The van der Waals surface area contributed by atoms with Crippen molar-refractivity contribution in [2.75, 3.05) is 19.7 Å². The van der Waals surface area contributed by atoms with Crippen LogP contribution in [-0.2, 0) is 9.53 Å². The number of esters is 1. The molecule has 8 nitrogen and oxygen atoms in total. The summed E-state index contributed by atoms with van der Waals surface area (Å²) in [5, 5.41) is 0.573. The van der Waals surface area contributed by atoms with Crippen molar-refractivity contribution in [3.63, 3.8) is 0 Å². The largest absolute Gasteiger partial charge is 0.462 e. The van der Waals surface area contributed by atoms with E-state index >= 15 is 0 Å². The lowest BCUT2D eigenvalue weighted by atomic mass is 9.94. The third kappa shape index (κ3) is 5.69. The first kappa shape index (κ1) is 31.2. The van der Waals surface area contributed by atoms with Gasteiger partial charge in [-0.25, -0.2) is 9.79 Å². The number of hydrogen-bond acceptors (Lipinski definition) is 6. The number of nitrogens with zero attached hydrogens (tertiary/aromatic N) is 4. The van der Waals surface area contributed by atoms with E-state index in [0.717, 1.165) is 28.2 Å². The summed E-state index contributed by atoms with van der Waals surface area (Å²) in [6.07, 6.45) is 1.89. The third-order valence-corrected chi connectivity index (χ3v) is 9.12. The molecule has 0 unspecified atom stereocenters. The Balaban J connectivity index is 1.62. The van der Waals surface area contributed by atoms with Crippen molar-refractivity contribution < 1.29 is 14.3 Å². The van der Waals surface area contributed by atoms with Gasteiger partial charge in [-0.3, -0.25) is 14.2 Å². The number of fused-ring (bicyclic) bond motifs is 1. The number of amides is 1. The molecule has 0 spiro atoms. The zero-order valence-corrected chi connectivity index (χ0v) is 27.3. The van der Waals surface area contributed by atoms with Gasteiger partial charge in [0.2, 0.25) is 0 Å². The van der Waals surface area contributed by atoms with Gasteiger partial charge in [0.15, 0.2) is 4.80 Å². The normalized spacial score (nSPS) is 14.8. The zero-order chi connectivity index (χ0) is 31.7. The van der Waals surface area contributed by atoms with Gasteiger partial charge in [-0.15, -0.1) is 0 Å². The molecular weight excluding hydrogens is 596 g/mol. The lowest BCUT2D eigenvalue weighted by molar-refractivity contribution is -0.127. The second-order valence-electron chi connectivity index (χ2n) is 10.5. The van der Waals surface area contributed by atoms with Crippen LogP contribution in [0.3, 0.4) is 0 Å². The molecule has 0 radical (unpaired) electrons. The molecule has 44 heavy (non-hydrogen) atoms. The summed E-state index contributed by atoms with van der Waals surface area (Å²) in [5.41, 5.74) is 5.85. The Hall–Kier alpha value is -4.21. The van der Waals surface area contributed by atoms with E-state index in [0.29, 0.717) is 50.9 Å². The quantitative estimate of drug-likeness (QED) is 0.246. The summed E-state index contributed by atoms with van der Waals surface area (Å²) in [6, 6.07) is 15.9. The second-order valence-corrected chi connectivity index (χ2v) is 12.0. The molecular formula is C34H35ClN4O4S. The molecule has 10 heteroatoms. The maximum Gasteiger partial charge on any atom is 0.338 e. The van der Waals surface area contributed by atoms with Gasteiger partial charge in [0, 0.05) is 35.2 Å². The Bertz CT molecular complexity index is 1950. The zero-order valence-electron chi connectivity index (χ0n) is 25.7. The molecule has 0 fully saturated rings. The van der Waals surface area contributed by atoms with Crippen LogP contribution in [0.25, 0.3) is 11.8 Å². The molecule has 0 saturated carbocycles. The Labute approximate surface area is 265 Å². The lowest BCUT2D eigenvalue weighted by Crippen LogP contribution is -2.43. The predicted molar refractivity (Wildman–Crippen MR) is 174 cm³/mol. The van der Waals surface area contributed by atoms with E-state index in [4.69, 9.17) is 21.3 Å². The Morgan fingerprint density at radius 3 is 2.30 bits per heavy atom. The summed E-state index contributed by atoms with van der Waals surface area (Å²) in [7, 11) is 0. The van der Waals surface area contributed by atoms with Crippen molar-refractivity contribution >= 4 is 40.9 Å². The van der Waals surface area contributed by atoms with Crippen molar-refractivity contribution in [1.82, 2.24) is 14.0 Å². The Morgan fingerprint density at radius 2 is 1.68 bits per heavy atom. The maximum absolute atomic E-state index is 14.1. The number of aromatic nitrogens is 2. The number of carbonyl (C=O) groups excluding carboxylic acids is 2. The average molecular weight is 631 g/mol. The number of halogens is 1. The first-order valence-corrected chi connectivity index (χ1v) is 15.8. The van der Waals surface area contributed by atoms with Crippen molar-refractivity contribution in [2.24, 2.45) is 4.99 Å². The molecule has 1 aliphatic heterocycles. The van der Waals surface area contributed by atoms with E-state index in [-0.39, 0.29) is 17.4 Å². The van der Waals surface area contributed by atoms with Crippen LogP contribution in [-0.4, -0.2) is 45.6 Å². The number of thiazole rings is 1. The number of hydrogen-bond donors (Lipinski definition) is 0. The van der Waals surface area contributed by atoms with Crippen LogP contribution in [0.4, 0.5) is 0 Å². The Kier molecular flexibility index (Phi) is 9.08. The van der Waals surface area contributed by atoms with Gasteiger partial charge in [0.25, 0.3) is 11.5 Å². The highest BCUT2D eigenvalue weighted by atomic mass is 35.5. The minimum atomic E-state index is -0.635. The fourth-order valence-corrected chi connectivity index (χ4v) is 6.83. The molecule has 2 aromatic carbocycles. The number of allylic oxidation sites excluding steroid dienone is 1. The minimum absolute atomic E-state index is 0.136. The first-order valence-electron chi connectivity index (χ1n) is 14.6. The molecule has 2 aromatic heterocycles.